The third kappa shape index (κ3) is 6.06. The van der Waals surface area contributed by atoms with E-state index in [-0.39, 0.29) is 23.8 Å². The molecule has 0 saturated carbocycles. The summed E-state index contributed by atoms with van der Waals surface area (Å²) < 4.78 is 17.7. The molecule has 25 heavy (non-hydrogen) atoms. The van der Waals surface area contributed by atoms with Gasteiger partial charge in [0, 0.05) is 19.2 Å². The van der Waals surface area contributed by atoms with Crippen molar-refractivity contribution in [3.05, 3.63) is 65.5 Å². The highest BCUT2D eigenvalue weighted by molar-refractivity contribution is 5.93. The van der Waals surface area contributed by atoms with Crippen molar-refractivity contribution in [1.82, 2.24) is 5.32 Å². The molecule has 0 spiro atoms. The van der Waals surface area contributed by atoms with Crippen molar-refractivity contribution in [2.75, 3.05) is 11.9 Å². The first-order valence-corrected chi connectivity index (χ1v) is 7.50. The molecule has 0 radical (unpaired) electrons. The summed E-state index contributed by atoms with van der Waals surface area (Å²) in [5, 5.41) is 5.15. The molecule has 0 unspecified atom stereocenters. The van der Waals surface area contributed by atoms with Crippen LogP contribution in [-0.4, -0.2) is 24.4 Å². The van der Waals surface area contributed by atoms with Crippen LogP contribution in [0.1, 0.15) is 22.8 Å². The van der Waals surface area contributed by atoms with Crippen molar-refractivity contribution in [2.24, 2.45) is 0 Å². The number of ether oxygens (including phenoxy) is 1. The highest BCUT2D eigenvalue weighted by Crippen LogP contribution is 2.10. The maximum absolute atomic E-state index is 12.8. The van der Waals surface area contributed by atoms with Crippen LogP contribution in [0.15, 0.2) is 48.5 Å². The van der Waals surface area contributed by atoms with Gasteiger partial charge in [0.25, 0.3) is 5.91 Å². The van der Waals surface area contributed by atoms with Gasteiger partial charge in [-0.05, 0) is 42.0 Å². The largest absolute Gasteiger partial charge is 0.452 e. The maximum atomic E-state index is 12.8. The van der Waals surface area contributed by atoms with Crippen molar-refractivity contribution in [3.8, 4) is 0 Å². The van der Waals surface area contributed by atoms with Crippen LogP contribution in [0.3, 0.4) is 0 Å². The first-order chi connectivity index (χ1) is 11.9. The Morgan fingerprint density at radius 2 is 1.64 bits per heavy atom. The molecule has 0 atom stereocenters. The summed E-state index contributed by atoms with van der Waals surface area (Å²) in [5.74, 6) is -1.68. The van der Waals surface area contributed by atoms with Gasteiger partial charge in [-0.15, -0.1) is 0 Å². The van der Waals surface area contributed by atoms with E-state index in [1.807, 2.05) is 0 Å². The van der Waals surface area contributed by atoms with Gasteiger partial charge in [0.1, 0.15) is 5.82 Å². The Bertz CT molecular complexity index is 758. The number of halogens is 1. The lowest BCUT2D eigenvalue weighted by Crippen LogP contribution is -2.28. The number of hydrogen-bond acceptors (Lipinski definition) is 4. The SMILES string of the molecule is CC(=O)Nc1ccc(C(=O)OCC(=O)NCc2ccc(F)cc2)cc1. The normalized spacial score (nSPS) is 10.0. The van der Waals surface area contributed by atoms with E-state index >= 15 is 0 Å². The molecule has 2 aromatic carbocycles. The second-order valence-corrected chi connectivity index (χ2v) is 5.24. The zero-order chi connectivity index (χ0) is 18.2. The Kier molecular flexibility index (Phi) is 6.22. The zero-order valence-corrected chi connectivity index (χ0v) is 13.5. The smallest absolute Gasteiger partial charge is 0.338 e. The highest BCUT2D eigenvalue weighted by atomic mass is 19.1. The van der Waals surface area contributed by atoms with E-state index in [1.165, 1.54) is 31.2 Å². The van der Waals surface area contributed by atoms with Crippen LogP contribution in [0.2, 0.25) is 0 Å². The van der Waals surface area contributed by atoms with Gasteiger partial charge in [-0.25, -0.2) is 9.18 Å². The van der Waals surface area contributed by atoms with E-state index in [2.05, 4.69) is 10.6 Å². The lowest BCUT2D eigenvalue weighted by molar-refractivity contribution is -0.124. The summed E-state index contributed by atoms with van der Waals surface area (Å²) in [4.78, 5) is 34.5. The lowest BCUT2D eigenvalue weighted by Gasteiger charge is -2.07. The van der Waals surface area contributed by atoms with Crippen LogP contribution >= 0.6 is 0 Å². The molecule has 0 aromatic heterocycles. The molecular weight excluding hydrogens is 327 g/mol. The fraction of sp³-hybridized carbons (Fsp3) is 0.167. The number of esters is 1. The second kappa shape index (κ2) is 8.58. The zero-order valence-electron chi connectivity index (χ0n) is 13.5. The summed E-state index contributed by atoms with van der Waals surface area (Å²) >= 11 is 0. The second-order valence-electron chi connectivity index (χ2n) is 5.24. The molecule has 0 heterocycles. The van der Waals surface area contributed by atoms with Crippen LogP contribution < -0.4 is 10.6 Å². The average molecular weight is 344 g/mol. The average Bonchev–Trinajstić information content (AvgIpc) is 2.59. The van der Waals surface area contributed by atoms with E-state index in [1.54, 1.807) is 24.3 Å². The van der Waals surface area contributed by atoms with E-state index in [4.69, 9.17) is 4.74 Å². The number of nitrogens with one attached hydrogen (secondary N) is 2. The van der Waals surface area contributed by atoms with Gasteiger partial charge in [-0.1, -0.05) is 12.1 Å². The van der Waals surface area contributed by atoms with Crippen LogP contribution in [0.4, 0.5) is 10.1 Å². The summed E-state index contributed by atoms with van der Waals surface area (Å²) in [5.41, 5.74) is 1.55. The molecule has 0 fully saturated rings. The minimum absolute atomic E-state index is 0.210. The lowest BCUT2D eigenvalue weighted by atomic mass is 10.2. The number of benzene rings is 2. The minimum atomic E-state index is -0.647. The van der Waals surface area contributed by atoms with Gasteiger partial charge < -0.3 is 15.4 Å². The van der Waals surface area contributed by atoms with E-state index in [0.29, 0.717) is 5.69 Å². The van der Waals surface area contributed by atoms with Gasteiger partial charge in [0.05, 0.1) is 5.56 Å². The van der Waals surface area contributed by atoms with Crippen molar-refractivity contribution in [1.29, 1.82) is 0 Å². The molecule has 2 N–H and O–H groups in total. The molecule has 0 aliphatic heterocycles. The Balaban J connectivity index is 1.77. The Labute approximate surface area is 144 Å². The van der Waals surface area contributed by atoms with Gasteiger partial charge in [0.2, 0.25) is 5.91 Å². The number of carbonyl (C=O) groups excluding carboxylic acids is 3. The van der Waals surface area contributed by atoms with Crippen LogP contribution in [0.25, 0.3) is 0 Å². The Hall–Kier alpha value is -3.22. The molecule has 0 saturated heterocycles. The molecule has 2 aromatic rings. The monoisotopic (exact) mass is 344 g/mol. The predicted octanol–water partition coefficient (Wildman–Crippen LogP) is 2.26. The van der Waals surface area contributed by atoms with Gasteiger partial charge in [-0.2, -0.15) is 0 Å². The van der Waals surface area contributed by atoms with E-state index in [0.717, 1.165) is 5.56 Å². The topological polar surface area (TPSA) is 84.5 Å². The van der Waals surface area contributed by atoms with Crippen molar-refractivity contribution in [3.63, 3.8) is 0 Å². The number of hydrogen-bond donors (Lipinski definition) is 2. The van der Waals surface area contributed by atoms with Crippen LogP contribution in [0, 0.1) is 5.82 Å². The highest BCUT2D eigenvalue weighted by Gasteiger charge is 2.10. The van der Waals surface area contributed by atoms with Gasteiger partial charge >= 0.3 is 5.97 Å². The van der Waals surface area contributed by atoms with Gasteiger partial charge in [0.15, 0.2) is 6.61 Å². The fourth-order valence-corrected chi connectivity index (χ4v) is 1.96. The summed E-state index contributed by atoms with van der Waals surface area (Å²) in [6.07, 6.45) is 0. The van der Waals surface area contributed by atoms with Crippen molar-refractivity contribution in [2.45, 2.75) is 13.5 Å². The third-order valence-corrected chi connectivity index (χ3v) is 3.18. The molecule has 2 rings (SSSR count). The van der Waals surface area contributed by atoms with Crippen LogP contribution in [-0.2, 0) is 20.9 Å². The predicted molar refractivity (Wildman–Crippen MR) is 89.3 cm³/mol. The number of amides is 2. The summed E-state index contributed by atoms with van der Waals surface area (Å²) in [6, 6.07) is 11.8. The molecule has 0 aliphatic rings. The van der Waals surface area contributed by atoms with Crippen molar-refractivity contribution < 1.29 is 23.5 Å². The third-order valence-electron chi connectivity index (χ3n) is 3.18. The number of carbonyl (C=O) groups is 3. The maximum Gasteiger partial charge on any atom is 0.338 e. The molecule has 6 nitrogen and oxygen atoms in total. The molecule has 0 aliphatic carbocycles. The van der Waals surface area contributed by atoms with E-state index < -0.39 is 18.5 Å². The summed E-state index contributed by atoms with van der Waals surface area (Å²) in [6.45, 7) is 1.17. The standard InChI is InChI=1S/C18H17FN2O4/c1-12(22)21-16-8-4-14(5-9-16)18(24)25-11-17(23)20-10-13-2-6-15(19)7-3-13/h2-9H,10-11H2,1H3,(H,20,23)(H,21,22). The van der Waals surface area contributed by atoms with E-state index in [9.17, 15) is 18.8 Å². The van der Waals surface area contributed by atoms with Gasteiger partial charge in [-0.3, -0.25) is 9.59 Å². The summed E-state index contributed by atoms with van der Waals surface area (Å²) in [7, 11) is 0. The quantitative estimate of drug-likeness (QED) is 0.787. The molecular formula is C18H17FN2O4. The Morgan fingerprint density at radius 3 is 2.24 bits per heavy atom. The fourth-order valence-electron chi connectivity index (χ4n) is 1.96. The minimum Gasteiger partial charge on any atom is -0.452 e. The number of anilines is 1. The molecule has 130 valence electrons. The Morgan fingerprint density at radius 1 is 1.00 bits per heavy atom. The van der Waals surface area contributed by atoms with Crippen molar-refractivity contribution >= 4 is 23.5 Å². The first kappa shape index (κ1) is 18.1. The molecule has 7 heteroatoms. The molecule has 0 bridgehead atoms. The number of rotatable bonds is 6. The molecule has 2 amide bonds. The first-order valence-electron chi connectivity index (χ1n) is 7.50. The van der Waals surface area contributed by atoms with Crippen LogP contribution in [0.5, 0.6) is 0 Å².